The number of nitrogens with one attached hydrogen (secondary N) is 1. The van der Waals surface area contributed by atoms with Crippen molar-refractivity contribution in [1.29, 1.82) is 0 Å². The van der Waals surface area contributed by atoms with Crippen LogP contribution in [0, 0.1) is 5.92 Å². The number of hydrogen-bond acceptors (Lipinski definition) is 2. The van der Waals surface area contributed by atoms with Crippen LogP contribution in [0.15, 0.2) is 54.6 Å². The standard InChI is InChI=1S/C19H21NO2/c21-19(16-8-4-5-9-16)20-17-10-12-18(13-11-17)22-14-15-6-2-1-3-7-15/h1-3,6-7,10-13,16H,4-5,8-9,14H2,(H,20,21). The van der Waals surface area contributed by atoms with Crippen molar-refractivity contribution in [3.8, 4) is 5.75 Å². The summed E-state index contributed by atoms with van der Waals surface area (Å²) in [7, 11) is 0. The number of benzene rings is 2. The van der Waals surface area contributed by atoms with Crippen molar-refractivity contribution in [2.24, 2.45) is 5.92 Å². The van der Waals surface area contributed by atoms with Gasteiger partial charge in [0.25, 0.3) is 0 Å². The van der Waals surface area contributed by atoms with Gasteiger partial charge >= 0.3 is 0 Å². The molecule has 1 aliphatic carbocycles. The number of hydrogen-bond donors (Lipinski definition) is 1. The van der Waals surface area contributed by atoms with Crippen molar-refractivity contribution in [2.45, 2.75) is 32.3 Å². The summed E-state index contributed by atoms with van der Waals surface area (Å²) in [5, 5.41) is 2.99. The second-order valence-electron chi connectivity index (χ2n) is 5.77. The SMILES string of the molecule is O=C(Nc1ccc(OCc2ccccc2)cc1)C1CCCC1. The normalized spacial score (nSPS) is 14.7. The Hall–Kier alpha value is -2.29. The molecule has 3 nitrogen and oxygen atoms in total. The van der Waals surface area contributed by atoms with Crippen LogP contribution in [0.3, 0.4) is 0 Å². The fourth-order valence-electron chi connectivity index (χ4n) is 2.81. The lowest BCUT2D eigenvalue weighted by molar-refractivity contribution is -0.119. The zero-order valence-electron chi connectivity index (χ0n) is 12.6. The van der Waals surface area contributed by atoms with Crippen LogP contribution in [-0.4, -0.2) is 5.91 Å². The van der Waals surface area contributed by atoms with Crippen molar-refractivity contribution < 1.29 is 9.53 Å². The van der Waals surface area contributed by atoms with Gasteiger partial charge in [0.1, 0.15) is 12.4 Å². The highest BCUT2D eigenvalue weighted by Gasteiger charge is 2.22. The van der Waals surface area contributed by atoms with Crippen molar-refractivity contribution >= 4 is 11.6 Å². The fraction of sp³-hybridized carbons (Fsp3) is 0.316. The van der Waals surface area contributed by atoms with Gasteiger partial charge in [0.05, 0.1) is 0 Å². The smallest absolute Gasteiger partial charge is 0.227 e. The Balaban J connectivity index is 1.52. The summed E-state index contributed by atoms with van der Waals surface area (Å²) < 4.78 is 5.74. The first-order chi connectivity index (χ1) is 10.8. The Labute approximate surface area is 131 Å². The molecule has 1 amide bonds. The molecule has 0 aromatic heterocycles. The molecule has 1 fully saturated rings. The Bertz CT molecular complexity index is 601. The Morgan fingerprint density at radius 2 is 1.68 bits per heavy atom. The molecule has 1 saturated carbocycles. The molecule has 0 heterocycles. The summed E-state index contributed by atoms with van der Waals surface area (Å²) in [4.78, 5) is 12.1. The molecule has 3 rings (SSSR count). The summed E-state index contributed by atoms with van der Waals surface area (Å²) in [6.45, 7) is 0.550. The first-order valence-electron chi connectivity index (χ1n) is 7.89. The van der Waals surface area contributed by atoms with Crippen molar-refractivity contribution in [2.75, 3.05) is 5.32 Å². The topological polar surface area (TPSA) is 38.3 Å². The summed E-state index contributed by atoms with van der Waals surface area (Å²) in [5.74, 6) is 1.15. The molecule has 1 N–H and O–H groups in total. The predicted molar refractivity (Wildman–Crippen MR) is 87.8 cm³/mol. The Morgan fingerprint density at radius 3 is 2.36 bits per heavy atom. The quantitative estimate of drug-likeness (QED) is 0.888. The van der Waals surface area contributed by atoms with E-state index in [9.17, 15) is 4.79 Å². The van der Waals surface area contributed by atoms with Crippen LogP contribution >= 0.6 is 0 Å². The molecule has 3 heteroatoms. The Morgan fingerprint density at radius 1 is 1.00 bits per heavy atom. The highest BCUT2D eigenvalue weighted by Crippen LogP contribution is 2.26. The van der Waals surface area contributed by atoms with Gasteiger partial charge in [-0.2, -0.15) is 0 Å². The molecule has 0 unspecified atom stereocenters. The maximum absolute atomic E-state index is 12.1. The van der Waals surface area contributed by atoms with Crippen LogP contribution in [0.25, 0.3) is 0 Å². The summed E-state index contributed by atoms with van der Waals surface area (Å²) >= 11 is 0. The van der Waals surface area contributed by atoms with Crippen molar-refractivity contribution in [3.05, 3.63) is 60.2 Å². The molecule has 2 aromatic carbocycles. The second-order valence-corrected chi connectivity index (χ2v) is 5.77. The third kappa shape index (κ3) is 3.88. The minimum absolute atomic E-state index is 0.149. The van der Waals surface area contributed by atoms with E-state index >= 15 is 0 Å². The van der Waals surface area contributed by atoms with E-state index in [2.05, 4.69) is 5.32 Å². The van der Waals surface area contributed by atoms with Crippen LogP contribution in [0.1, 0.15) is 31.2 Å². The zero-order valence-corrected chi connectivity index (χ0v) is 12.6. The molecular weight excluding hydrogens is 274 g/mol. The van der Waals surface area contributed by atoms with Crippen LogP contribution < -0.4 is 10.1 Å². The maximum atomic E-state index is 12.1. The number of ether oxygens (including phenoxy) is 1. The molecular formula is C19H21NO2. The molecule has 0 atom stereocenters. The number of carbonyl (C=O) groups is 1. The third-order valence-electron chi connectivity index (χ3n) is 4.10. The summed E-state index contributed by atoms with van der Waals surface area (Å²) in [5.41, 5.74) is 1.98. The third-order valence-corrected chi connectivity index (χ3v) is 4.10. The van der Waals surface area contributed by atoms with Crippen molar-refractivity contribution in [3.63, 3.8) is 0 Å². The number of amides is 1. The molecule has 22 heavy (non-hydrogen) atoms. The fourth-order valence-corrected chi connectivity index (χ4v) is 2.81. The summed E-state index contributed by atoms with van der Waals surface area (Å²) in [6, 6.07) is 17.7. The van der Waals surface area contributed by atoms with E-state index in [1.54, 1.807) is 0 Å². The van der Waals surface area contributed by atoms with E-state index in [0.29, 0.717) is 6.61 Å². The average molecular weight is 295 g/mol. The summed E-state index contributed by atoms with van der Waals surface area (Å²) in [6.07, 6.45) is 4.38. The van der Waals surface area contributed by atoms with Crippen LogP contribution in [0.2, 0.25) is 0 Å². The van der Waals surface area contributed by atoms with Gasteiger partial charge in [-0.3, -0.25) is 4.79 Å². The molecule has 1 aliphatic rings. The van der Waals surface area contributed by atoms with Gasteiger partial charge in [-0.05, 0) is 42.7 Å². The van der Waals surface area contributed by atoms with Gasteiger partial charge in [-0.25, -0.2) is 0 Å². The van der Waals surface area contributed by atoms with E-state index in [0.717, 1.165) is 29.8 Å². The van der Waals surface area contributed by atoms with Gasteiger partial charge in [-0.15, -0.1) is 0 Å². The van der Waals surface area contributed by atoms with Gasteiger partial charge in [0.15, 0.2) is 0 Å². The van der Waals surface area contributed by atoms with Crippen LogP contribution in [0.5, 0.6) is 5.75 Å². The minimum Gasteiger partial charge on any atom is -0.489 e. The maximum Gasteiger partial charge on any atom is 0.227 e. The van der Waals surface area contributed by atoms with Gasteiger partial charge in [-0.1, -0.05) is 43.2 Å². The highest BCUT2D eigenvalue weighted by atomic mass is 16.5. The molecule has 0 bridgehead atoms. The van der Waals surface area contributed by atoms with Gasteiger partial charge in [0.2, 0.25) is 5.91 Å². The minimum atomic E-state index is 0.149. The molecule has 114 valence electrons. The lowest BCUT2D eigenvalue weighted by atomic mass is 10.1. The zero-order chi connectivity index (χ0) is 15.2. The first kappa shape index (κ1) is 14.6. The predicted octanol–water partition coefficient (Wildman–Crippen LogP) is 4.39. The lowest BCUT2D eigenvalue weighted by Gasteiger charge is -2.11. The van der Waals surface area contributed by atoms with E-state index in [-0.39, 0.29) is 11.8 Å². The van der Waals surface area contributed by atoms with E-state index < -0.39 is 0 Å². The Kier molecular flexibility index (Phi) is 4.74. The lowest BCUT2D eigenvalue weighted by Crippen LogP contribution is -2.20. The van der Waals surface area contributed by atoms with E-state index in [4.69, 9.17) is 4.74 Å². The first-order valence-corrected chi connectivity index (χ1v) is 7.89. The molecule has 0 spiro atoms. The second kappa shape index (κ2) is 7.12. The molecule has 0 radical (unpaired) electrons. The largest absolute Gasteiger partial charge is 0.489 e. The highest BCUT2D eigenvalue weighted by molar-refractivity contribution is 5.92. The number of rotatable bonds is 5. The van der Waals surface area contributed by atoms with Crippen LogP contribution in [0.4, 0.5) is 5.69 Å². The molecule has 2 aromatic rings. The number of carbonyl (C=O) groups excluding carboxylic acids is 1. The van der Waals surface area contributed by atoms with E-state index in [1.807, 2.05) is 54.6 Å². The van der Waals surface area contributed by atoms with E-state index in [1.165, 1.54) is 12.8 Å². The van der Waals surface area contributed by atoms with Gasteiger partial charge in [0, 0.05) is 11.6 Å². The van der Waals surface area contributed by atoms with Crippen LogP contribution in [-0.2, 0) is 11.4 Å². The van der Waals surface area contributed by atoms with Gasteiger partial charge < -0.3 is 10.1 Å². The monoisotopic (exact) mass is 295 g/mol. The average Bonchev–Trinajstić information content (AvgIpc) is 3.10. The molecule has 0 saturated heterocycles. The molecule has 0 aliphatic heterocycles. The number of anilines is 1. The van der Waals surface area contributed by atoms with Crippen molar-refractivity contribution in [1.82, 2.24) is 0 Å².